The standard InChI is InChI=1S/C14H17NO4S/c1-3-12-15(10(7-20-12)14(18)19)13(17)9-6-8(2)4-5-11(9)16/h4-6,10,12,16H,3,7H2,1-2H3,(H,18,19). The summed E-state index contributed by atoms with van der Waals surface area (Å²) in [5.74, 6) is -1.16. The average molecular weight is 295 g/mol. The lowest BCUT2D eigenvalue weighted by atomic mass is 10.1. The highest BCUT2D eigenvalue weighted by Crippen LogP contribution is 2.34. The van der Waals surface area contributed by atoms with E-state index in [4.69, 9.17) is 0 Å². The molecule has 1 fully saturated rings. The molecule has 6 heteroatoms. The molecule has 0 aromatic heterocycles. The van der Waals surface area contributed by atoms with Gasteiger partial charge in [0.1, 0.15) is 11.8 Å². The molecular formula is C14H17NO4S. The Bertz CT molecular complexity index is 546. The van der Waals surface area contributed by atoms with Crippen molar-refractivity contribution < 1.29 is 19.8 Å². The third-order valence-corrected chi connectivity index (χ3v) is 4.80. The Morgan fingerprint density at radius 3 is 2.75 bits per heavy atom. The first-order chi connectivity index (χ1) is 9.45. The van der Waals surface area contributed by atoms with Crippen molar-refractivity contribution in [3.8, 4) is 5.75 Å². The smallest absolute Gasteiger partial charge is 0.327 e. The van der Waals surface area contributed by atoms with Gasteiger partial charge in [0.2, 0.25) is 0 Å². The lowest BCUT2D eigenvalue weighted by Crippen LogP contribution is -2.45. The van der Waals surface area contributed by atoms with Crippen LogP contribution in [0.1, 0.15) is 29.3 Å². The summed E-state index contributed by atoms with van der Waals surface area (Å²) >= 11 is 1.46. The molecule has 1 aromatic carbocycles. The molecule has 108 valence electrons. The molecular weight excluding hydrogens is 278 g/mol. The van der Waals surface area contributed by atoms with E-state index in [9.17, 15) is 19.8 Å². The van der Waals surface area contributed by atoms with E-state index in [-0.39, 0.29) is 16.7 Å². The number of aliphatic carboxylic acids is 1. The highest BCUT2D eigenvalue weighted by atomic mass is 32.2. The molecule has 20 heavy (non-hydrogen) atoms. The number of thioether (sulfide) groups is 1. The monoisotopic (exact) mass is 295 g/mol. The fourth-order valence-corrected chi connectivity index (χ4v) is 3.65. The Labute approximate surface area is 121 Å². The van der Waals surface area contributed by atoms with E-state index in [0.717, 1.165) is 5.56 Å². The lowest BCUT2D eigenvalue weighted by Gasteiger charge is -2.27. The van der Waals surface area contributed by atoms with Crippen LogP contribution in [0.3, 0.4) is 0 Å². The minimum atomic E-state index is -1.01. The van der Waals surface area contributed by atoms with Gasteiger partial charge in [-0.15, -0.1) is 11.8 Å². The van der Waals surface area contributed by atoms with Crippen LogP contribution in [0.4, 0.5) is 0 Å². The van der Waals surface area contributed by atoms with Crippen molar-refractivity contribution in [1.82, 2.24) is 4.90 Å². The van der Waals surface area contributed by atoms with Gasteiger partial charge < -0.3 is 15.1 Å². The van der Waals surface area contributed by atoms with Crippen LogP contribution < -0.4 is 0 Å². The van der Waals surface area contributed by atoms with E-state index in [1.165, 1.54) is 22.7 Å². The third-order valence-electron chi connectivity index (χ3n) is 3.34. The summed E-state index contributed by atoms with van der Waals surface area (Å²) < 4.78 is 0. The number of carbonyl (C=O) groups excluding carboxylic acids is 1. The van der Waals surface area contributed by atoms with Crippen molar-refractivity contribution in [3.63, 3.8) is 0 Å². The van der Waals surface area contributed by atoms with Crippen molar-refractivity contribution in [2.45, 2.75) is 31.7 Å². The van der Waals surface area contributed by atoms with E-state index in [0.29, 0.717) is 12.2 Å². The molecule has 0 bridgehead atoms. The van der Waals surface area contributed by atoms with Crippen LogP contribution in [0.5, 0.6) is 5.75 Å². The van der Waals surface area contributed by atoms with Gasteiger partial charge in [-0.05, 0) is 25.5 Å². The van der Waals surface area contributed by atoms with E-state index in [1.807, 2.05) is 13.8 Å². The number of hydrogen-bond donors (Lipinski definition) is 2. The minimum absolute atomic E-state index is 0.114. The van der Waals surface area contributed by atoms with Gasteiger partial charge in [0.15, 0.2) is 0 Å². The molecule has 0 aliphatic carbocycles. The summed E-state index contributed by atoms with van der Waals surface area (Å²) in [4.78, 5) is 25.3. The molecule has 2 N–H and O–H groups in total. The van der Waals surface area contributed by atoms with E-state index in [1.54, 1.807) is 12.1 Å². The molecule has 0 radical (unpaired) electrons. The second kappa shape index (κ2) is 5.75. The number of rotatable bonds is 3. The lowest BCUT2D eigenvalue weighted by molar-refractivity contribution is -0.141. The molecule has 0 spiro atoms. The number of carboxylic acid groups (broad SMARTS) is 1. The van der Waals surface area contributed by atoms with Crippen LogP contribution in [-0.2, 0) is 4.79 Å². The average Bonchev–Trinajstić information content (AvgIpc) is 2.84. The topological polar surface area (TPSA) is 77.8 Å². The Balaban J connectivity index is 2.38. The minimum Gasteiger partial charge on any atom is -0.507 e. The van der Waals surface area contributed by atoms with Crippen molar-refractivity contribution >= 4 is 23.6 Å². The Morgan fingerprint density at radius 1 is 1.45 bits per heavy atom. The van der Waals surface area contributed by atoms with Crippen molar-refractivity contribution in [2.24, 2.45) is 0 Å². The summed E-state index contributed by atoms with van der Waals surface area (Å²) in [6.07, 6.45) is 0.673. The normalized spacial score (nSPS) is 22.0. The maximum atomic E-state index is 12.6. The van der Waals surface area contributed by atoms with Gasteiger partial charge in [-0.1, -0.05) is 18.6 Å². The summed E-state index contributed by atoms with van der Waals surface area (Å²) in [5, 5.41) is 18.9. The van der Waals surface area contributed by atoms with Crippen molar-refractivity contribution in [2.75, 3.05) is 5.75 Å². The number of hydrogen-bond acceptors (Lipinski definition) is 4. The summed E-state index contributed by atoms with van der Waals surface area (Å²) in [6, 6.07) is 3.92. The Kier molecular flexibility index (Phi) is 4.23. The zero-order valence-electron chi connectivity index (χ0n) is 11.4. The van der Waals surface area contributed by atoms with E-state index < -0.39 is 17.9 Å². The van der Waals surface area contributed by atoms with Crippen LogP contribution in [0.2, 0.25) is 0 Å². The quantitative estimate of drug-likeness (QED) is 0.892. The molecule has 1 saturated heterocycles. The van der Waals surface area contributed by atoms with Crippen LogP contribution in [-0.4, -0.2) is 44.2 Å². The van der Waals surface area contributed by atoms with Gasteiger partial charge in [0.25, 0.3) is 5.91 Å². The number of amides is 1. The SMILES string of the molecule is CCC1SCC(C(=O)O)N1C(=O)c1cc(C)ccc1O. The Hall–Kier alpha value is -1.69. The molecule has 2 rings (SSSR count). The largest absolute Gasteiger partial charge is 0.507 e. The second-order valence-corrected chi connectivity index (χ2v) is 5.99. The fourth-order valence-electron chi connectivity index (χ4n) is 2.30. The van der Waals surface area contributed by atoms with Gasteiger partial charge in [-0.25, -0.2) is 4.79 Å². The van der Waals surface area contributed by atoms with E-state index in [2.05, 4.69) is 0 Å². The third kappa shape index (κ3) is 2.60. The first-order valence-electron chi connectivity index (χ1n) is 6.42. The molecule has 5 nitrogen and oxygen atoms in total. The van der Waals surface area contributed by atoms with E-state index >= 15 is 0 Å². The molecule has 2 atom stereocenters. The summed E-state index contributed by atoms with van der Waals surface area (Å²) in [7, 11) is 0. The van der Waals surface area contributed by atoms with Gasteiger partial charge in [-0.2, -0.15) is 0 Å². The van der Waals surface area contributed by atoms with Crippen molar-refractivity contribution in [3.05, 3.63) is 29.3 Å². The van der Waals surface area contributed by atoms with Crippen LogP contribution in [0, 0.1) is 6.92 Å². The molecule has 1 aliphatic rings. The molecule has 1 aromatic rings. The number of nitrogens with zero attached hydrogens (tertiary/aromatic N) is 1. The van der Waals surface area contributed by atoms with Crippen molar-refractivity contribution in [1.29, 1.82) is 0 Å². The zero-order valence-corrected chi connectivity index (χ0v) is 12.2. The highest BCUT2D eigenvalue weighted by molar-refractivity contribution is 8.00. The number of carboxylic acids is 1. The van der Waals surface area contributed by atoms with Gasteiger partial charge in [0, 0.05) is 5.75 Å². The summed E-state index contributed by atoms with van der Waals surface area (Å²) in [6.45, 7) is 3.74. The number of phenolic OH excluding ortho intramolecular Hbond substituents is 1. The predicted molar refractivity (Wildman–Crippen MR) is 77.0 cm³/mol. The number of phenols is 1. The number of aryl methyl sites for hydroxylation is 1. The second-order valence-electron chi connectivity index (χ2n) is 4.78. The summed E-state index contributed by atoms with van der Waals surface area (Å²) in [5.41, 5.74) is 1.01. The molecule has 0 saturated carbocycles. The van der Waals surface area contributed by atoms with Gasteiger partial charge >= 0.3 is 5.97 Å². The maximum Gasteiger partial charge on any atom is 0.327 e. The predicted octanol–water partition coefficient (Wildman–Crippen LogP) is 2.08. The zero-order chi connectivity index (χ0) is 14.9. The first-order valence-corrected chi connectivity index (χ1v) is 7.47. The van der Waals surface area contributed by atoms with Crippen LogP contribution in [0.25, 0.3) is 0 Å². The number of carbonyl (C=O) groups is 2. The van der Waals surface area contributed by atoms with Gasteiger partial charge in [-0.3, -0.25) is 4.79 Å². The first kappa shape index (κ1) is 14.7. The Morgan fingerprint density at radius 2 is 2.15 bits per heavy atom. The van der Waals surface area contributed by atoms with Crippen LogP contribution in [0.15, 0.2) is 18.2 Å². The maximum absolute atomic E-state index is 12.6. The fraction of sp³-hybridized carbons (Fsp3) is 0.429. The van der Waals surface area contributed by atoms with Gasteiger partial charge in [0.05, 0.1) is 10.9 Å². The molecule has 1 amide bonds. The van der Waals surface area contributed by atoms with Crippen LogP contribution >= 0.6 is 11.8 Å². The molecule has 2 unspecified atom stereocenters. The highest BCUT2D eigenvalue weighted by Gasteiger charge is 2.41. The number of aromatic hydroxyl groups is 1. The number of benzene rings is 1. The molecule has 1 aliphatic heterocycles. The molecule has 1 heterocycles.